The van der Waals surface area contributed by atoms with Crippen LogP contribution in [0.5, 0.6) is 0 Å². The first-order valence-corrected chi connectivity index (χ1v) is 6.61. The number of hydrogen-bond donors (Lipinski definition) is 1. The van der Waals surface area contributed by atoms with E-state index in [9.17, 15) is 9.59 Å². The molecule has 2 amide bonds. The molecule has 0 radical (unpaired) electrons. The molecule has 5 nitrogen and oxygen atoms in total. The molecular weight excluding hydrogens is 242 g/mol. The highest BCUT2D eigenvalue weighted by Crippen LogP contribution is 2.19. The van der Waals surface area contributed by atoms with E-state index in [1.165, 1.54) is 0 Å². The van der Waals surface area contributed by atoms with Crippen molar-refractivity contribution < 1.29 is 9.59 Å². The van der Waals surface area contributed by atoms with Gasteiger partial charge in [0.2, 0.25) is 11.8 Å². The maximum atomic E-state index is 12.1. The Labute approximate surface area is 113 Å². The molecule has 5 heteroatoms. The molecule has 1 N–H and O–H groups in total. The van der Waals surface area contributed by atoms with Gasteiger partial charge in [-0.05, 0) is 32.4 Å². The number of carbonyl (C=O) groups excluding carboxylic acids is 2. The molecule has 0 aromatic carbocycles. The first kappa shape index (κ1) is 13.5. The molecule has 1 fully saturated rings. The smallest absolute Gasteiger partial charge is 0.229 e. The van der Waals surface area contributed by atoms with Crippen LogP contribution in [0.15, 0.2) is 18.3 Å². The summed E-state index contributed by atoms with van der Waals surface area (Å²) in [5.74, 6) is -0.0147. The average Bonchev–Trinajstić information content (AvgIpc) is 2.42. The van der Waals surface area contributed by atoms with Crippen molar-refractivity contribution in [2.45, 2.75) is 26.7 Å². The van der Waals surface area contributed by atoms with Gasteiger partial charge in [-0.3, -0.25) is 14.6 Å². The Morgan fingerprint density at radius 1 is 1.53 bits per heavy atom. The van der Waals surface area contributed by atoms with Gasteiger partial charge < -0.3 is 10.2 Å². The lowest BCUT2D eigenvalue weighted by Crippen LogP contribution is -2.43. The summed E-state index contributed by atoms with van der Waals surface area (Å²) in [6.45, 7) is 5.01. The van der Waals surface area contributed by atoms with Crippen LogP contribution in [-0.4, -0.2) is 34.8 Å². The predicted octanol–water partition coefficient (Wildman–Crippen LogP) is 1.59. The molecule has 2 rings (SSSR count). The molecule has 0 saturated carbocycles. The number of hydrogen-bond acceptors (Lipinski definition) is 3. The Morgan fingerprint density at radius 3 is 2.95 bits per heavy atom. The van der Waals surface area contributed by atoms with Gasteiger partial charge in [-0.1, -0.05) is 0 Å². The molecule has 0 aliphatic carbocycles. The Bertz CT molecular complexity index is 470. The minimum Gasteiger partial charge on any atom is -0.342 e. The highest BCUT2D eigenvalue weighted by atomic mass is 16.2. The normalized spacial score (nSPS) is 19.4. The standard InChI is InChI=1S/C14H19N3O2/c1-3-17-9-11(5-7-13(17)18)14(19)16-12-6-4-10(2)15-8-12/h4,6,8,11H,3,5,7,9H2,1-2H3,(H,16,19). The van der Waals surface area contributed by atoms with Crippen molar-refractivity contribution in [3.05, 3.63) is 24.0 Å². The number of anilines is 1. The van der Waals surface area contributed by atoms with Gasteiger partial charge in [0.25, 0.3) is 0 Å². The monoisotopic (exact) mass is 261 g/mol. The number of carbonyl (C=O) groups is 2. The Balaban J connectivity index is 1.96. The number of rotatable bonds is 3. The lowest BCUT2D eigenvalue weighted by atomic mass is 9.96. The van der Waals surface area contributed by atoms with Crippen LogP contribution in [0.4, 0.5) is 5.69 Å². The highest BCUT2D eigenvalue weighted by Gasteiger charge is 2.29. The first-order chi connectivity index (χ1) is 9.10. The van der Waals surface area contributed by atoms with E-state index in [2.05, 4.69) is 10.3 Å². The fourth-order valence-corrected chi connectivity index (χ4v) is 2.22. The van der Waals surface area contributed by atoms with Gasteiger partial charge in [-0.25, -0.2) is 0 Å². The van der Waals surface area contributed by atoms with E-state index in [4.69, 9.17) is 0 Å². The van der Waals surface area contributed by atoms with Gasteiger partial charge in [0.05, 0.1) is 17.8 Å². The molecular formula is C14H19N3O2. The zero-order valence-corrected chi connectivity index (χ0v) is 11.3. The minimum atomic E-state index is -0.126. The molecule has 1 aliphatic rings. The third kappa shape index (κ3) is 3.30. The number of nitrogens with one attached hydrogen (secondary N) is 1. The number of aryl methyl sites for hydroxylation is 1. The van der Waals surface area contributed by atoms with Crippen molar-refractivity contribution in [1.82, 2.24) is 9.88 Å². The third-order valence-corrected chi connectivity index (χ3v) is 3.43. The number of pyridine rings is 1. The third-order valence-electron chi connectivity index (χ3n) is 3.43. The molecule has 1 atom stereocenters. The minimum absolute atomic E-state index is 0.0309. The molecule has 19 heavy (non-hydrogen) atoms. The fourth-order valence-electron chi connectivity index (χ4n) is 2.22. The Hall–Kier alpha value is -1.91. The predicted molar refractivity (Wildman–Crippen MR) is 72.6 cm³/mol. The van der Waals surface area contributed by atoms with Crippen molar-refractivity contribution in [3.63, 3.8) is 0 Å². The molecule has 0 spiro atoms. The van der Waals surface area contributed by atoms with Crippen LogP contribution < -0.4 is 5.32 Å². The fraction of sp³-hybridized carbons (Fsp3) is 0.500. The summed E-state index contributed by atoms with van der Waals surface area (Å²) in [6, 6.07) is 3.70. The molecule has 1 saturated heterocycles. The zero-order valence-electron chi connectivity index (χ0n) is 11.3. The quantitative estimate of drug-likeness (QED) is 0.898. The first-order valence-electron chi connectivity index (χ1n) is 6.61. The van der Waals surface area contributed by atoms with Gasteiger partial charge in [0.15, 0.2) is 0 Å². The van der Waals surface area contributed by atoms with E-state index < -0.39 is 0 Å². The summed E-state index contributed by atoms with van der Waals surface area (Å²) in [5.41, 5.74) is 1.62. The van der Waals surface area contributed by atoms with Crippen LogP contribution in [0.3, 0.4) is 0 Å². The molecule has 1 aromatic heterocycles. The summed E-state index contributed by atoms with van der Waals surface area (Å²) < 4.78 is 0. The lowest BCUT2D eigenvalue weighted by Gasteiger charge is -2.30. The lowest BCUT2D eigenvalue weighted by molar-refractivity contribution is -0.136. The largest absolute Gasteiger partial charge is 0.342 e. The highest BCUT2D eigenvalue weighted by molar-refractivity contribution is 5.93. The number of nitrogens with zero attached hydrogens (tertiary/aromatic N) is 2. The number of aromatic nitrogens is 1. The van der Waals surface area contributed by atoms with Crippen LogP contribution in [0.2, 0.25) is 0 Å². The molecule has 2 heterocycles. The SMILES string of the molecule is CCN1CC(C(=O)Nc2ccc(C)nc2)CCC1=O. The van der Waals surface area contributed by atoms with Crippen molar-refractivity contribution >= 4 is 17.5 Å². The maximum Gasteiger partial charge on any atom is 0.229 e. The average molecular weight is 261 g/mol. The Kier molecular flexibility index (Phi) is 4.14. The number of piperidine rings is 1. The number of amides is 2. The van der Waals surface area contributed by atoms with Crippen LogP contribution in [-0.2, 0) is 9.59 Å². The summed E-state index contributed by atoms with van der Waals surface area (Å²) in [7, 11) is 0. The van der Waals surface area contributed by atoms with Crippen LogP contribution >= 0.6 is 0 Å². The van der Waals surface area contributed by atoms with Crippen molar-refractivity contribution in [3.8, 4) is 0 Å². The molecule has 0 bridgehead atoms. The zero-order chi connectivity index (χ0) is 13.8. The van der Waals surface area contributed by atoms with Crippen molar-refractivity contribution in [2.75, 3.05) is 18.4 Å². The van der Waals surface area contributed by atoms with E-state index in [0.717, 1.165) is 5.69 Å². The summed E-state index contributed by atoms with van der Waals surface area (Å²) >= 11 is 0. The topological polar surface area (TPSA) is 62.3 Å². The van der Waals surface area contributed by atoms with E-state index in [-0.39, 0.29) is 17.7 Å². The second kappa shape index (κ2) is 5.82. The van der Waals surface area contributed by atoms with Crippen molar-refractivity contribution in [1.29, 1.82) is 0 Å². The van der Waals surface area contributed by atoms with Crippen LogP contribution in [0.25, 0.3) is 0 Å². The Morgan fingerprint density at radius 2 is 2.32 bits per heavy atom. The summed E-state index contributed by atoms with van der Waals surface area (Å²) in [6.07, 6.45) is 2.73. The molecule has 1 aromatic rings. The summed E-state index contributed by atoms with van der Waals surface area (Å²) in [5, 5.41) is 2.86. The van der Waals surface area contributed by atoms with Gasteiger partial charge >= 0.3 is 0 Å². The van der Waals surface area contributed by atoms with Crippen molar-refractivity contribution in [2.24, 2.45) is 5.92 Å². The van der Waals surface area contributed by atoms with Gasteiger partial charge in [-0.2, -0.15) is 0 Å². The van der Waals surface area contributed by atoms with Crippen LogP contribution in [0, 0.1) is 12.8 Å². The van der Waals surface area contributed by atoms with E-state index >= 15 is 0 Å². The number of likely N-dealkylation sites (tertiary alicyclic amines) is 1. The molecule has 102 valence electrons. The van der Waals surface area contributed by atoms with E-state index in [1.807, 2.05) is 26.0 Å². The van der Waals surface area contributed by atoms with Gasteiger partial charge in [-0.15, -0.1) is 0 Å². The second-order valence-electron chi connectivity index (χ2n) is 4.85. The second-order valence-corrected chi connectivity index (χ2v) is 4.85. The summed E-state index contributed by atoms with van der Waals surface area (Å²) in [4.78, 5) is 29.6. The molecule has 1 unspecified atom stereocenters. The van der Waals surface area contributed by atoms with E-state index in [1.54, 1.807) is 11.1 Å². The van der Waals surface area contributed by atoms with Gasteiger partial charge in [0.1, 0.15) is 0 Å². The van der Waals surface area contributed by atoms with E-state index in [0.29, 0.717) is 31.6 Å². The van der Waals surface area contributed by atoms with Gasteiger partial charge in [0, 0.05) is 25.2 Å². The van der Waals surface area contributed by atoms with Crippen LogP contribution in [0.1, 0.15) is 25.5 Å². The maximum absolute atomic E-state index is 12.1. The molecule has 1 aliphatic heterocycles.